The fourth-order valence-electron chi connectivity index (χ4n) is 1.61. The van der Waals surface area contributed by atoms with Gasteiger partial charge in [0.2, 0.25) is 5.91 Å². The number of aliphatic hydroxyl groups is 2. The molecule has 1 heterocycles. The van der Waals surface area contributed by atoms with Crippen LogP contribution in [0.2, 0.25) is 0 Å². The zero-order chi connectivity index (χ0) is 11.6. The van der Waals surface area contributed by atoms with Gasteiger partial charge in [0.15, 0.2) is 0 Å². The standard InChI is InChI=1S/C11H21NO3/c1-11(2,3)5-4-10(15)12-6-8(13)9(14)7-12/h8-9,13-14H,4-7H2,1-3H3. The van der Waals surface area contributed by atoms with Crippen LogP contribution in [0.15, 0.2) is 0 Å². The van der Waals surface area contributed by atoms with Crippen LogP contribution >= 0.6 is 0 Å². The van der Waals surface area contributed by atoms with Crippen LogP contribution in [-0.2, 0) is 4.79 Å². The molecule has 0 radical (unpaired) electrons. The highest BCUT2D eigenvalue weighted by molar-refractivity contribution is 5.76. The zero-order valence-corrected chi connectivity index (χ0v) is 9.73. The number of hydrogen-bond donors (Lipinski definition) is 2. The minimum atomic E-state index is -0.774. The van der Waals surface area contributed by atoms with Crippen molar-refractivity contribution in [1.82, 2.24) is 4.90 Å². The van der Waals surface area contributed by atoms with Gasteiger partial charge in [0.25, 0.3) is 0 Å². The number of rotatable bonds is 2. The third kappa shape index (κ3) is 3.80. The van der Waals surface area contributed by atoms with E-state index in [1.54, 1.807) is 4.90 Å². The van der Waals surface area contributed by atoms with Crippen LogP contribution in [0, 0.1) is 5.41 Å². The lowest BCUT2D eigenvalue weighted by Gasteiger charge is -2.20. The minimum Gasteiger partial charge on any atom is -0.388 e. The Balaban J connectivity index is 2.36. The van der Waals surface area contributed by atoms with Crippen molar-refractivity contribution in [3.8, 4) is 0 Å². The zero-order valence-electron chi connectivity index (χ0n) is 9.73. The lowest BCUT2D eigenvalue weighted by molar-refractivity contribution is -0.131. The summed E-state index contributed by atoms with van der Waals surface area (Å²) in [5.41, 5.74) is 0.145. The molecule has 0 aliphatic carbocycles. The van der Waals surface area contributed by atoms with Gasteiger partial charge in [-0.25, -0.2) is 0 Å². The van der Waals surface area contributed by atoms with Crippen LogP contribution in [0.5, 0.6) is 0 Å². The van der Waals surface area contributed by atoms with Crippen molar-refractivity contribution >= 4 is 5.91 Å². The molecule has 1 rings (SSSR count). The Kier molecular flexibility index (Phi) is 3.73. The van der Waals surface area contributed by atoms with Crippen molar-refractivity contribution < 1.29 is 15.0 Å². The first kappa shape index (κ1) is 12.5. The quantitative estimate of drug-likeness (QED) is 0.700. The Bertz CT molecular complexity index is 224. The van der Waals surface area contributed by atoms with Gasteiger partial charge in [-0.1, -0.05) is 20.8 Å². The van der Waals surface area contributed by atoms with E-state index < -0.39 is 12.2 Å². The first-order chi connectivity index (χ1) is 6.79. The van der Waals surface area contributed by atoms with Crippen LogP contribution in [-0.4, -0.2) is 46.3 Å². The molecule has 1 aliphatic rings. The van der Waals surface area contributed by atoms with Crippen molar-refractivity contribution in [2.24, 2.45) is 5.41 Å². The molecule has 2 N–H and O–H groups in total. The topological polar surface area (TPSA) is 60.8 Å². The van der Waals surface area contributed by atoms with Gasteiger partial charge >= 0.3 is 0 Å². The van der Waals surface area contributed by atoms with Crippen LogP contribution in [0.25, 0.3) is 0 Å². The summed E-state index contributed by atoms with van der Waals surface area (Å²) < 4.78 is 0. The van der Waals surface area contributed by atoms with Gasteiger partial charge in [-0.3, -0.25) is 4.79 Å². The number of carbonyl (C=O) groups excluding carboxylic acids is 1. The molecule has 2 atom stereocenters. The van der Waals surface area contributed by atoms with Gasteiger partial charge in [0, 0.05) is 19.5 Å². The number of amides is 1. The van der Waals surface area contributed by atoms with E-state index in [-0.39, 0.29) is 24.4 Å². The molecule has 1 saturated heterocycles. The van der Waals surface area contributed by atoms with Crippen molar-refractivity contribution in [2.45, 2.75) is 45.8 Å². The van der Waals surface area contributed by atoms with Crippen molar-refractivity contribution in [1.29, 1.82) is 0 Å². The van der Waals surface area contributed by atoms with E-state index in [1.165, 1.54) is 0 Å². The highest BCUT2D eigenvalue weighted by Gasteiger charge is 2.32. The molecule has 4 nitrogen and oxygen atoms in total. The average molecular weight is 215 g/mol. The summed E-state index contributed by atoms with van der Waals surface area (Å²) in [5.74, 6) is 0.0283. The molecule has 2 unspecified atom stereocenters. The number of β-amino-alcohol motifs (C(OH)–C–C–N with tert-alkyl or cyclic N) is 2. The normalized spacial score (nSPS) is 27.1. The second-order valence-corrected chi connectivity index (χ2v) is 5.49. The van der Waals surface area contributed by atoms with E-state index in [0.29, 0.717) is 6.42 Å². The monoisotopic (exact) mass is 215 g/mol. The molecule has 4 heteroatoms. The molecule has 0 aromatic heterocycles. The van der Waals surface area contributed by atoms with Gasteiger partial charge < -0.3 is 15.1 Å². The van der Waals surface area contributed by atoms with Gasteiger partial charge in [0.05, 0.1) is 12.2 Å². The Morgan fingerprint density at radius 2 is 1.73 bits per heavy atom. The van der Waals surface area contributed by atoms with E-state index in [4.69, 9.17) is 0 Å². The van der Waals surface area contributed by atoms with Crippen LogP contribution in [0.1, 0.15) is 33.6 Å². The fraction of sp³-hybridized carbons (Fsp3) is 0.909. The molecule has 0 aromatic rings. The smallest absolute Gasteiger partial charge is 0.222 e. The molecule has 0 aromatic carbocycles. The molecular weight excluding hydrogens is 194 g/mol. The third-order valence-corrected chi connectivity index (χ3v) is 2.70. The van der Waals surface area contributed by atoms with Crippen molar-refractivity contribution in [3.63, 3.8) is 0 Å². The largest absolute Gasteiger partial charge is 0.388 e. The summed E-state index contributed by atoms with van der Waals surface area (Å²) in [6.45, 7) is 6.81. The third-order valence-electron chi connectivity index (χ3n) is 2.70. The molecular formula is C11H21NO3. The molecule has 1 amide bonds. The van der Waals surface area contributed by atoms with Crippen LogP contribution in [0.4, 0.5) is 0 Å². The SMILES string of the molecule is CC(C)(C)CCC(=O)N1CC(O)C(O)C1. The number of likely N-dealkylation sites (tertiary alicyclic amines) is 1. The second kappa shape index (κ2) is 4.49. The van der Waals surface area contributed by atoms with Crippen molar-refractivity contribution in [2.75, 3.05) is 13.1 Å². The summed E-state index contributed by atoms with van der Waals surface area (Å²) in [5, 5.41) is 18.6. The molecule has 88 valence electrons. The molecule has 0 bridgehead atoms. The van der Waals surface area contributed by atoms with Crippen LogP contribution in [0.3, 0.4) is 0 Å². The second-order valence-electron chi connectivity index (χ2n) is 5.49. The summed E-state index contributed by atoms with van der Waals surface area (Å²) in [4.78, 5) is 13.2. The summed E-state index contributed by atoms with van der Waals surface area (Å²) in [6, 6.07) is 0. The Hall–Kier alpha value is -0.610. The van der Waals surface area contributed by atoms with Gasteiger partial charge in [0.1, 0.15) is 0 Å². The fourth-order valence-corrected chi connectivity index (χ4v) is 1.61. The van der Waals surface area contributed by atoms with E-state index in [0.717, 1.165) is 6.42 Å². The first-order valence-corrected chi connectivity index (χ1v) is 5.43. The molecule has 1 fully saturated rings. The molecule has 0 spiro atoms. The highest BCUT2D eigenvalue weighted by atomic mass is 16.3. The number of nitrogens with zero attached hydrogens (tertiary/aromatic N) is 1. The van der Waals surface area contributed by atoms with E-state index in [9.17, 15) is 15.0 Å². The Morgan fingerprint density at radius 1 is 1.27 bits per heavy atom. The predicted molar refractivity (Wildman–Crippen MR) is 57.3 cm³/mol. The van der Waals surface area contributed by atoms with Gasteiger partial charge in [-0.05, 0) is 11.8 Å². The van der Waals surface area contributed by atoms with Gasteiger partial charge in [-0.2, -0.15) is 0 Å². The molecule has 15 heavy (non-hydrogen) atoms. The summed E-state index contributed by atoms with van der Waals surface area (Å²) in [7, 11) is 0. The lowest BCUT2D eigenvalue weighted by atomic mass is 9.90. The molecule has 1 aliphatic heterocycles. The predicted octanol–water partition coefficient (Wildman–Crippen LogP) is 0.377. The highest BCUT2D eigenvalue weighted by Crippen LogP contribution is 2.22. The Morgan fingerprint density at radius 3 is 2.13 bits per heavy atom. The first-order valence-electron chi connectivity index (χ1n) is 5.43. The Labute approximate surface area is 90.9 Å². The number of carbonyl (C=O) groups is 1. The van der Waals surface area contributed by atoms with E-state index in [1.807, 2.05) is 0 Å². The van der Waals surface area contributed by atoms with Crippen LogP contribution < -0.4 is 0 Å². The van der Waals surface area contributed by atoms with E-state index in [2.05, 4.69) is 20.8 Å². The summed E-state index contributed by atoms with van der Waals surface area (Å²) in [6.07, 6.45) is -0.232. The summed E-state index contributed by atoms with van der Waals surface area (Å²) >= 11 is 0. The lowest BCUT2D eigenvalue weighted by Crippen LogP contribution is -2.30. The average Bonchev–Trinajstić information content (AvgIpc) is 2.42. The van der Waals surface area contributed by atoms with Crippen molar-refractivity contribution in [3.05, 3.63) is 0 Å². The minimum absolute atomic E-state index is 0.0283. The van der Waals surface area contributed by atoms with E-state index >= 15 is 0 Å². The number of aliphatic hydroxyl groups excluding tert-OH is 2. The maximum atomic E-state index is 11.7. The maximum Gasteiger partial charge on any atom is 0.222 e. The molecule has 0 saturated carbocycles. The number of hydrogen-bond acceptors (Lipinski definition) is 3. The maximum absolute atomic E-state index is 11.7. The van der Waals surface area contributed by atoms with Gasteiger partial charge in [-0.15, -0.1) is 0 Å².